The topological polar surface area (TPSA) is 94.1 Å². The molecular formula is C20H18N6O3S. The zero-order valence-corrected chi connectivity index (χ0v) is 17.2. The van der Waals surface area contributed by atoms with Gasteiger partial charge in [-0.2, -0.15) is 5.10 Å². The molecule has 0 atom stereocenters. The summed E-state index contributed by atoms with van der Waals surface area (Å²) in [6.07, 6.45) is 0.944. The lowest BCUT2D eigenvalue weighted by Crippen LogP contribution is -2.19. The predicted octanol–water partition coefficient (Wildman–Crippen LogP) is 2.59. The number of nitrogens with zero attached hydrogens (tertiary/aromatic N) is 6. The maximum Gasteiger partial charge on any atom is 0.338 e. The molecule has 1 aromatic carbocycles. The summed E-state index contributed by atoms with van der Waals surface area (Å²) in [5.74, 6) is 0.407. The Hall–Kier alpha value is -3.53. The van der Waals surface area contributed by atoms with E-state index in [2.05, 4.69) is 15.3 Å². The predicted molar refractivity (Wildman–Crippen MR) is 114 cm³/mol. The molecule has 0 saturated carbocycles. The van der Waals surface area contributed by atoms with E-state index >= 15 is 0 Å². The molecule has 4 aromatic rings. The van der Waals surface area contributed by atoms with Crippen LogP contribution in [0.4, 0.5) is 5.69 Å². The number of thiophene rings is 1. The van der Waals surface area contributed by atoms with Crippen LogP contribution in [0.15, 0.2) is 45.6 Å². The van der Waals surface area contributed by atoms with Crippen LogP contribution >= 0.6 is 11.3 Å². The summed E-state index contributed by atoms with van der Waals surface area (Å²) in [6, 6.07) is 9.00. The lowest BCUT2D eigenvalue weighted by molar-refractivity contribution is 0.0461. The molecule has 0 bridgehead atoms. The molecule has 0 unspecified atom stereocenters. The van der Waals surface area contributed by atoms with Crippen LogP contribution in [0.2, 0.25) is 0 Å². The smallest absolute Gasteiger partial charge is 0.338 e. The van der Waals surface area contributed by atoms with Crippen molar-refractivity contribution in [1.29, 1.82) is 0 Å². The van der Waals surface area contributed by atoms with Gasteiger partial charge in [0, 0.05) is 25.7 Å². The molecule has 0 radical (unpaired) electrons. The van der Waals surface area contributed by atoms with E-state index in [0.717, 1.165) is 24.4 Å². The summed E-state index contributed by atoms with van der Waals surface area (Å²) >= 11 is 1.36. The maximum absolute atomic E-state index is 12.5. The Kier molecular flexibility index (Phi) is 4.35. The van der Waals surface area contributed by atoms with E-state index in [1.807, 2.05) is 35.5 Å². The molecule has 10 heteroatoms. The third kappa shape index (κ3) is 2.96. The number of aryl methyl sites for hydroxylation is 1. The molecule has 3 aromatic heterocycles. The van der Waals surface area contributed by atoms with Gasteiger partial charge in [-0.05, 0) is 42.6 Å². The molecular weight excluding hydrogens is 404 g/mol. The molecule has 0 N–H and O–H groups in total. The van der Waals surface area contributed by atoms with Gasteiger partial charge in [-0.1, -0.05) is 0 Å². The van der Waals surface area contributed by atoms with Gasteiger partial charge in [0.25, 0.3) is 5.56 Å². The highest BCUT2D eigenvalue weighted by Crippen LogP contribution is 2.21. The van der Waals surface area contributed by atoms with Crippen LogP contribution in [-0.2, 0) is 18.4 Å². The van der Waals surface area contributed by atoms with Crippen molar-refractivity contribution >= 4 is 44.7 Å². The van der Waals surface area contributed by atoms with Gasteiger partial charge in [0.15, 0.2) is 12.4 Å². The van der Waals surface area contributed by atoms with Crippen molar-refractivity contribution in [2.24, 2.45) is 12.1 Å². The Morgan fingerprint density at radius 3 is 2.73 bits per heavy atom. The summed E-state index contributed by atoms with van der Waals surface area (Å²) in [4.78, 5) is 24.9. The molecule has 1 aliphatic rings. The van der Waals surface area contributed by atoms with Crippen LogP contribution in [0.5, 0.6) is 0 Å². The molecule has 0 spiro atoms. The lowest BCUT2D eigenvalue weighted by Gasteiger charge is -2.13. The number of esters is 1. The van der Waals surface area contributed by atoms with Gasteiger partial charge in [0.1, 0.15) is 4.70 Å². The van der Waals surface area contributed by atoms with Gasteiger partial charge < -0.3 is 4.74 Å². The van der Waals surface area contributed by atoms with Gasteiger partial charge in [-0.15, -0.1) is 21.5 Å². The molecule has 1 aliphatic heterocycles. The van der Waals surface area contributed by atoms with E-state index in [1.165, 1.54) is 15.9 Å². The fourth-order valence-corrected chi connectivity index (χ4v) is 4.34. The first-order valence-corrected chi connectivity index (χ1v) is 10.3. The minimum absolute atomic E-state index is 0.0550. The highest BCUT2D eigenvalue weighted by Gasteiger charge is 2.18. The van der Waals surface area contributed by atoms with E-state index in [9.17, 15) is 9.59 Å². The lowest BCUT2D eigenvalue weighted by atomic mass is 10.2. The molecule has 0 saturated heterocycles. The average Bonchev–Trinajstić information content (AvgIpc) is 3.49. The number of anilines is 1. The van der Waals surface area contributed by atoms with Crippen molar-refractivity contribution in [2.75, 3.05) is 11.6 Å². The van der Waals surface area contributed by atoms with Crippen molar-refractivity contribution in [1.82, 2.24) is 19.2 Å². The zero-order valence-electron chi connectivity index (χ0n) is 16.4. The third-order valence-corrected chi connectivity index (χ3v) is 6.00. The van der Waals surface area contributed by atoms with Crippen LogP contribution in [0.3, 0.4) is 0 Å². The van der Waals surface area contributed by atoms with Crippen LogP contribution in [0, 0.1) is 0 Å². The molecule has 5 rings (SSSR count). The summed E-state index contributed by atoms with van der Waals surface area (Å²) in [5.41, 5.74) is 3.06. The number of rotatable bonds is 4. The number of hydrogen-bond acceptors (Lipinski definition) is 8. The van der Waals surface area contributed by atoms with Crippen LogP contribution in [0.1, 0.15) is 29.5 Å². The van der Waals surface area contributed by atoms with Crippen molar-refractivity contribution in [3.8, 4) is 0 Å². The van der Waals surface area contributed by atoms with Crippen LogP contribution in [0.25, 0.3) is 16.0 Å². The average molecular weight is 422 g/mol. The molecule has 0 aliphatic carbocycles. The van der Waals surface area contributed by atoms with Gasteiger partial charge in [0.2, 0.25) is 5.78 Å². The first-order valence-electron chi connectivity index (χ1n) is 9.42. The Bertz CT molecular complexity index is 1370. The molecule has 0 fully saturated rings. The van der Waals surface area contributed by atoms with Crippen molar-refractivity contribution < 1.29 is 9.53 Å². The highest BCUT2D eigenvalue weighted by molar-refractivity contribution is 7.17. The van der Waals surface area contributed by atoms with Crippen molar-refractivity contribution in [3.05, 3.63) is 57.5 Å². The van der Waals surface area contributed by atoms with E-state index in [4.69, 9.17) is 4.74 Å². The molecule has 152 valence electrons. The van der Waals surface area contributed by atoms with E-state index in [1.54, 1.807) is 23.6 Å². The standard InChI is InChI=1S/C20H18N6O3S/c1-12-7-9-25(23-12)14-5-3-13(4-6-14)19(28)29-11-16-21-22-20-24(2)18(27)17-15(26(16)20)8-10-30-17/h3-6,8,10H,7,9,11H2,1-2H3. The van der Waals surface area contributed by atoms with Crippen LogP contribution < -0.4 is 10.6 Å². The summed E-state index contributed by atoms with van der Waals surface area (Å²) < 4.78 is 9.27. The Labute approximate surface area is 174 Å². The van der Waals surface area contributed by atoms with E-state index < -0.39 is 5.97 Å². The summed E-state index contributed by atoms with van der Waals surface area (Å²) in [5, 5.41) is 16.4. The number of hydrazone groups is 1. The second-order valence-corrected chi connectivity index (χ2v) is 8.00. The second-order valence-electron chi connectivity index (χ2n) is 7.08. The molecule has 4 heterocycles. The van der Waals surface area contributed by atoms with Crippen molar-refractivity contribution in [3.63, 3.8) is 0 Å². The fraction of sp³-hybridized carbons (Fsp3) is 0.250. The third-order valence-electron chi connectivity index (χ3n) is 5.11. The minimum Gasteiger partial charge on any atom is -0.454 e. The monoisotopic (exact) mass is 422 g/mol. The Balaban J connectivity index is 1.37. The quantitative estimate of drug-likeness (QED) is 0.469. The maximum atomic E-state index is 12.5. The number of carbonyl (C=O) groups excluding carboxylic acids is 1. The van der Waals surface area contributed by atoms with E-state index in [-0.39, 0.29) is 12.2 Å². The summed E-state index contributed by atoms with van der Waals surface area (Å²) in [7, 11) is 1.65. The number of fused-ring (bicyclic) bond motifs is 3. The van der Waals surface area contributed by atoms with Gasteiger partial charge in [-0.25, -0.2) is 4.79 Å². The SMILES string of the molecule is CC1=NN(c2ccc(C(=O)OCc3nnc4n(C)c(=O)c5sccc5n34)cc2)CC1. The first-order chi connectivity index (χ1) is 14.5. The normalized spacial score (nSPS) is 13.9. The number of ether oxygens (including phenoxy) is 1. The Morgan fingerprint density at radius 1 is 1.20 bits per heavy atom. The summed E-state index contributed by atoms with van der Waals surface area (Å²) in [6.45, 7) is 2.79. The van der Waals surface area contributed by atoms with Gasteiger partial charge in [-0.3, -0.25) is 18.8 Å². The molecule has 30 heavy (non-hydrogen) atoms. The van der Waals surface area contributed by atoms with Crippen molar-refractivity contribution in [2.45, 2.75) is 20.0 Å². The van der Waals surface area contributed by atoms with Gasteiger partial charge in [0.05, 0.1) is 16.8 Å². The highest BCUT2D eigenvalue weighted by atomic mass is 32.1. The first kappa shape index (κ1) is 18.5. The second kappa shape index (κ2) is 7.06. The van der Waals surface area contributed by atoms with Crippen LogP contribution in [-0.4, -0.2) is 37.4 Å². The Morgan fingerprint density at radius 2 is 2.00 bits per heavy atom. The number of carbonyl (C=O) groups is 1. The number of aromatic nitrogens is 4. The molecule has 9 nitrogen and oxygen atoms in total. The zero-order chi connectivity index (χ0) is 20.8. The largest absolute Gasteiger partial charge is 0.454 e. The number of hydrogen-bond donors (Lipinski definition) is 0. The van der Waals surface area contributed by atoms with E-state index in [0.29, 0.717) is 27.4 Å². The molecule has 0 amide bonds. The number of benzene rings is 1. The van der Waals surface area contributed by atoms with Gasteiger partial charge >= 0.3 is 5.97 Å². The fourth-order valence-electron chi connectivity index (χ4n) is 3.49. The minimum atomic E-state index is -0.453.